The Morgan fingerprint density at radius 2 is 1.73 bits per heavy atom. The molecule has 0 aliphatic carbocycles. The van der Waals surface area contributed by atoms with Gasteiger partial charge in [-0.25, -0.2) is 9.78 Å². The van der Waals surface area contributed by atoms with E-state index in [1.165, 1.54) is 18.2 Å². The molecule has 3 aromatic carbocycles. The lowest BCUT2D eigenvalue weighted by molar-refractivity contribution is -0.384. The van der Waals surface area contributed by atoms with E-state index in [9.17, 15) is 19.7 Å². The monoisotopic (exact) mass is 440 g/mol. The first-order valence-corrected chi connectivity index (χ1v) is 10.3. The number of nitro benzene ring substituents is 1. The van der Waals surface area contributed by atoms with Crippen molar-refractivity contribution in [2.45, 2.75) is 13.8 Å². The minimum absolute atomic E-state index is 0.104. The number of aryl methyl sites for hydroxylation is 2. The third-order valence-corrected chi connectivity index (χ3v) is 5.45. The molecule has 0 atom stereocenters. The zero-order valence-electron chi connectivity index (χ0n) is 18.1. The second-order valence-electron chi connectivity index (χ2n) is 7.68. The number of aromatic nitrogens is 1. The van der Waals surface area contributed by atoms with Gasteiger partial charge in [-0.2, -0.15) is 0 Å². The summed E-state index contributed by atoms with van der Waals surface area (Å²) in [7, 11) is 0. The van der Waals surface area contributed by atoms with Crippen molar-refractivity contribution in [2.24, 2.45) is 0 Å². The van der Waals surface area contributed by atoms with Gasteiger partial charge in [-0.1, -0.05) is 42.5 Å². The van der Waals surface area contributed by atoms with E-state index in [1.807, 2.05) is 44.2 Å². The smallest absolute Gasteiger partial charge is 0.339 e. The van der Waals surface area contributed by atoms with Crippen LogP contribution in [0.3, 0.4) is 0 Å². The molecule has 0 fully saturated rings. The molecule has 7 heteroatoms. The van der Waals surface area contributed by atoms with Crippen molar-refractivity contribution in [3.8, 4) is 11.3 Å². The summed E-state index contributed by atoms with van der Waals surface area (Å²) in [5, 5.41) is 11.6. The van der Waals surface area contributed by atoms with Crippen molar-refractivity contribution in [1.82, 2.24) is 4.98 Å². The number of para-hydroxylation sites is 1. The number of nitro groups is 1. The first kappa shape index (κ1) is 21.8. The molecule has 0 N–H and O–H groups in total. The summed E-state index contributed by atoms with van der Waals surface area (Å²) in [6.45, 7) is 3.50. The summed E-state index contributed by atoms with van der Waals surface area (Å²) in [5.74, 6) is -1.20. The van der Waals surface area contributed by atoms with Crippen LogP contribution < -0.4 is 0 Å². The van der Waals surface area contributed by atoms with Gasteiger partial charge in [-0.05, 0) is 43.2 Å². The molecule has 33 heavy (non-hydrogen) atoms. The number of carbonyl (C=O) groups is 2. The molecule has 0 saturated carbocycles. The average molecular weight is 440 g/mol. The number of ketones is 1. The number of fused-ring (bicyclic) bond motifs is 1. The molecule has 4 rings (SSSR count). The van der Waals surface area contributed by atoms with E-state index in [-0.39, 0.29) is 11.3 Å². The minimum atomic E-state index is -0.669. The molecule has 0 aliphatic heterocycles. The highest BCUT2D eigenvalue weighted by atomic mass is 16.6. The summed E-state index contributed by atoms with van der Waals surface area (Å²) in [6.07, 6.45) is 0. The van der Waals surface area contributed by atoms with Gasteiger partial charge in [0.1, 0.15) is 0 Å². The molecule has 0 spiro atoms. The normalized spacial score (nSPS) is 10.7. The third-order valence-electron chi connectivity index (χ3n) is 5.45. The standard InChI is InChI=1S/C26H20N2O5/c1-16-10-11-18(12-17(16)2)24-14-22(21-8-3-4-9-23(21)27-24)26(30)33-15-25(29)19-6-5-7-20(13-19)28(31)32/h3-14H,15H2,1-2H3. The Balaban J connectivity index is 1.63. The number of carbonyl (C=O) groups excluding carboxylic acids is 2. The van der Waals surface area contributed by atoms with E-state index in [2.05, 4.69) is 4.98 Å². The van der Waals surface area contributed by atoms with Gasteiger partial charge >= 0.3 is 5.97 Å². The maximum atomic E-state index is 13.0. The molecule has 1 aromatic heterocycles. The number of esters is 1. The van der Waals surface area contributed by atoms with Crippen LogP contribution in [0.2, 0.25) is 0 Å². The van der Waals surface area contributed by atoms with Crippen molar-refractivity contribution < 1.29 is 19.2 Å². The fraction of sp³-hybridized carbons (Fsp3) is 0.115. The predicted octanol–water partition coefficient (Wildman–Crippen LogP) is 5.47. The minimum Gasteiger partial charge on any atom is -0.454 e. The van der Waals surface area contributed by atoms with Crippen LogP contribution in [0.4, 0.5) is 5.69 Å². The highest BCUT2D eigenvalue weighted by Gasteiger charge is 2.18. The van der Waals surface area contributed by atoms with E-state index in [4.69, 9.17) is 4.74 Å². The molecule has 0 saturated heterocycles. The number of benzene rings is 3. The molecule has 0 bridgehead atoms. The maximum Gasteiger partial charge on any atom is 0.339 e. The zero-order valence-corrected chi connectivity index (χ0v) is 18.1. The summed E-state index contributed by atoms with van der Waals surface area (Å²) in [5.41, 5.74) is 4.57. The van der Waals surface area contributed by atoms with E-state index in [1.54, 1.807) is 18.2 Å². The van der Waals surface area contributed by atoms with Crippen molar-refractivity contribution in [3.05, 3.63) is 105 Å². The van der Waals surface area contributed by atoms with Crippen LogP contribution in [0, 0.1) is 24.0 Å². The first-order valence-electron chi connectivity index (χ1n) is 10.3. The topological polar surface area (TPSA) is 99.4 Å². The van der Waals surface area contributed by atoms with Gasteiger partial charge in [0.05, 0.1) is 21.7 Å². The first-order chi connectivity index (χ1) is 15.8. The van der Waals surface area contributed by atoms with Gasteiger partial charge in [-0.15, -0.1) is 0 Å². The van der Waals surface area contributed by atoms with Crippen LogP contribution in [-0.2, 0) is 4.74 Å². The Labute approximate surface area is 189 Å². The molecule has 0 unspecified atom stereocenters. The molecule has 7 nitrogen and oxygen atoms in total. The van der Waals surface area contributed by atoms with Gasteiger partial charge < -0.3 is 4.74 Å². The summed E-state index contributed by atoms with van der Waals surface area (Å²) < 4.78 is 5.30. The van der Waals surface area contributed by atoms with Crippen LogP contribution in [0.5, 0.6) is 0 Å². The van der Waals surface area contributed by atoms with Gasteiger partial charge in [0.15, 0.2) is 6.61 Å². The lowest BCUT2D eigenvalue weighted by atomic mass is 10.0. The lowest BCUT2D eigenvalue weighted by Crippen LogP contribution is -2.15. The van der Waals surface area contributed by atoms with E-state index in [0.717, 1.165) is 22.8 Å². The Hall–Kier alpha value is -4.39. The van der Waals surface area contributed by atoms with Crippen LogP contribution in [0.25, 0.3) is 22.2 Å². The molecule has 4 aromatic rings. The Morgan fingerprint density at radius 1 is 0.939 bits per heavy atom. The molecular weight excluding hydrogens is 420 g/mol. The zero-order chi connectivity index (χ0) is 23.5. The van der Waals surface area contributed by atoms with Crippen molar-refractivity contribution in [1.29, 1.82) is 0 Å². The largest absolute Gasteiger partial charge is 0.454 e. The number of hydrogen-bond acceptors (Lipinski definition) is 6. The third kappa shape index (κ3) is 4.62. The number of Topliss-reactive ketones (excluding diaryl/α,β-unsaturated/α-hetero) is 1. The van der Waals surface area contributed by atoms with Crippen LogP contribution >= 0.6 is 0 Å². The van der Waals surface area contributed by atoms with Crippen molar-refractivity contribution in [3.63, 3.8) is 0 Å². The molecule has 164 valence electrons. The fourth-order valence-corrected chi connectivity index (χ4v) is 3.48. The predicted molar refractivity (Wildman–Crippen MR) is 124 cm³/mol. The van der Waals surface area contributed by atoms with Crippen molar-refractivity contribution >= 4 is 28.3 Å². The summed E-state index contributed by atoms with van der Waals surface area (Å²) >= 11 is 0. The second kappa shape index (κ2) is 9.00. The number of nitrogens with zero attached hydrogens (tertiary/aromatic N) is 2. The van der Waals surface area contributed by atoms with Crippen LogP contribution in [0.15, 0.2) is 72.8 Å². The maximum absolute atomic E-state index is 13.0. The Morgan fingerprint density at radius 3 is 2.48 bits per heavy atom. The lowest BCUT2D eigenvalue weighted by Gasteiger charge is -2.11. The summed E-state index contributed by atoms with van der Waals surface area (Å²) in [6, 6.07) is 20.1. The number of non-ortho nitro benzene ring substituents is 1. The van der Waals surface area contributed by atoms with Gasteiger partial charge in [-0.3, -0.25) is 14.9 Å². The highest BCUT2D eigenvalue weighted by molar-refractivity contribution is 6.06. The molecule has 1 heterocycles. The SMILES string of the molecule is Cc1ccc(-c2cc(C(=O)OCC(=O)c3cccc([N+](=O)[O-])c3)c3ccccc3n2)cc1C. The fourth-order valence-electron chi connectivity index (χ4n) is 3.48. The number of rotatable bonds is 6. The van der Waals surface area contributed by atoms with E-state index < -0.39 is 23.3 Å². The van der Waals surface area contributed by atoms with E-state index >= 15 is 0 Å². The average Bonchev–Trinajstić information content (AvgIpc) is 2.83. The van der Waals surface area contributed by atoms with Crippen LogP contribution in [0.1, 0.15) is 31.8 Å². The van der Waals surface area contributed by atoms with Crippen LogP contribution in [-0.4, -0.2) is 28.3 Å². The molecule has 0 aliphatic rings. The van der Waals surface area contributed by atoms with Gasteiger partial charge in [0, 0.05) is 28.6 Å². The highest BCUT2D eigenvalue weighted by Crippen LogP contribution is 2.27. The second-order valence-corrected chi connectivity index (χ2v) is 7.68. The summed E-state index contributed by atoms with van der Waals surface area (Å²) in [4.78, 5) is 40.5. The number of hydrogen-bond donors (Lipinski definition) is 0. The van der Waals surface area contributed by atoms with Gasteiger partial charge in [0.25, 0.3) is 5.69 Å². The molecule has 0 amide bonds. The number of pyridine rings is 1. The van der Waals surface area contributed by atoms with Crippen molar-refractivity contribution in [2.75, 3.05) is 6.61 Å². The molecular formula is C26H20N2O5. The number of ether oxygens (including phenoxy) is 1. The van der Waals surface area contributed by atoms with Gasteiger partial charge in [0.2, 0.25) is 5.78 Å². The Kier molecular flexibility index (Phi) is 5.95. The quantitative estimate of drug-likeness (QED) is 0.171. The Bertz CT molecular complexity index is 1410. The van der Waals surface area contributed by atoms with E-state index in [0.29, 0.717) is 22.2 Å². The molecule has 0 radical (unpaired) electrons.